The van der Waals surface area contributed by atoms with E-state index in [0.29, 0.717) is 30.2 Å². The highest BCUT2D eigenvalue weighted by Crippen LogP contribution is 2.28. The summed E-state index contributed by atoms with van der Waals surface area (Å²) in [5, 5.41) is 3.96. The number of rotatable bonds is 6. The lowest BCUT2D eigenvalue weighted by Gasteiger charge is -2.18. The molecule has 1 atom stereocenters. The Kier molecular flexibility index (Phi) is 4.67. The third kappa shape index (κ3) is 3.75. The van der Waals surface area contributed by atoms with Crippen LogP contribution in [0.3, 0.4) is 0 Å². The van der Waals surface area contributed by atoms with Gasteiger partial charge in [-0.05, 0) is 30.3 Å². The molecular formula is C20H20FN3O2. The van der Waals surface area contributed by atoms with Crippen LogP contribution in [0.4, 0.5) is 4.39 Å². The maximum absolute atomic E-state index is 13.7. The number of hydrogen-bond acceptors (Lipinski definition) is 5. The Morgan fingerprint density at radius 2 is 1.96 bits per heavy atom. The Balaban J connectivity index is 1.32. The average molecular weight is 353 g/mol. The van der Waals surface area contributed by atoms with Crippen LogP contribution in [-0.2, 0) is 19.4 Å². The first-order valence-corrected chi connectivity index (χ1v) is 8.65. The lowest BCUT2D eigenvalue weighted by molar-refractivity contribution is 0.155. The second-order valence-electron chi connectivity index (χ2n) is 6.62. The van der Waals surface area contributed by atoms with Crippen LogP contribution in [0.5, 0.6) is 5.75 Å². The van der Waals surface area contributed by atoms with E-state index < -0.39 is 0 Å². The van der Waals surface area contributed by atoms with Crippen LogP contribution in [0, 0.1) is 5.82 Å². The van der Waals surface area contributed by atoms with Gasteiger partial charge < -0.3 is 9.26 Å². The molecule has 0 saturated heterocycles. The summed E-state index contributed by atoms with van der Waals surface area (Å²) in [6.45, 7) is 1.29. The van der Waals surface area contributed by atoms with Gasteiger partial charge in [0.1, 0.15) is 17.7 Å². The molecule has 0 saturated carbocycles. The van der Waals surface area contributed by atoms with E-state index in [9.17, 15) is 4.39 Å². The number of likely N-dealkylation sites (N-methyl/N-ethyl adjacent to an activating group) is 1. The van der Waals surface area contributed by atoms with E-state index in [-0.39, 0.29) is 11.9 Å². The van der Waals surface area contributed by atoms with Crippen molar-refractivity contribution >= 4 is 0 Å². The van der Waals surface area contributed by atoms with Gasteiger partial charge in [-0.25, -0.2) is 4.39 Å². The monoisotopic (exact) mass is 353 g/mol. The molecule has 0 unspecified atom stereocenters. The number of hydrogen-bond donors (Lipinski definition) is 0. The quantitative estimate of drug-likeness (QED) is 0.681. The summed E-state index contributed by atoms with van der Waals surface area (Å²) in [5.41, 5.74) is 1.81. The van der Waals surface area contributed by atoms with Crippen LogP contribution in [0.25, 0.3) is 0 Å². The molecule has 0 radical (unpaired) electrons. The van der Waals surface area contributed by atoms with E-state index >= 15 is 0 Å². The van der Waals surface area contributed by atoms with Crippen LogP contribution in [0.15, 0.2) is 53.1 Å². The third-order valence-electron chi connectivity index (χ3n) is 4.45. The van der Waals surface area contributed by atoms with Gasteiger partial charge in [-0.2, -0.15) is 4.98 Å². The van der Waals surface area contributed by atoms with Gasteiger partial charge in [-0.3, -0.25) is 4.90 Å². The van der Waals surface area contributed by atoms with E-state index in [1.807, 2.05) is 25.2 Å². The maximum atomic E-state index is 13.7. The first-order chi connectivity index (χ1) is 12.7. The standard InChI is InChI=1S/C20H20FN3O2/c1-24(12-16-10-15-7-3-5-9-18(15)25-16)13-20-22-19(23-26-20)11-14-6-2-4-8-17(14)21/h2-9,16H,10-13H2,1H3/t16-/m0/s1. The predicted molar refractivity (Wildman–Crippen MR) is 94.4 cm³/mol. The van der Waals surface area contributed by atoms with Crippen molar-refractivity contribution in [1.29, 1.82) is 0 Å². The van der Waals surface area contributed by atoms with Crippen LogP contribution >= 0.6 is 0 Å². The molecule has 0 fully saturated rings. The van der Waals surface area contributed by atoms with Crippen LogP contribution in [0.2, 0.25) is 0 Å². The highest BCUT2D eigenvalue weighted by atomic mass is 19.1. The summed E-state index contributed by atoms with van der Waals surface area (Å²) in [6, 6.07) is 14.7. The molecule has 1 aliphatic heterocycles. The number of halogens is 1. The van der Waals surface area contributed by atoms with Crippen molar-refractivity contribution < 1.29 is 13.7 Å². The third-order valence-corrected chi connectivity index (χ3v) is 4.45. The molecule has 2 aromatic carbocycles. The molecule has 0 spiro atoms. The van der Waals surface area contributed by atoms with Gasteiger partial charge in [-0.15, -0.1) is 0 Å². The average Bonchev–Trinajstić information content (AvgIpc) is 3.22. The molecule has 0 aliphatic carbocycles. The molecule has 134 valence electrons. The lowest BCUT2D eigenvalue weighted by Crippen LogP contribution is -2.31. The zero-order valence-electron chi connectivity index (χ0n) is 14.6. The van der Waals surface area contributed by atoms with Gasteiger partial charge in [0.05, 0.1) is 6.54 Å². The molecule has 5 nitrogen and oxygen atoms in total. The number of ether oxygens (including phenoxy) is 1. The summed E-state index contributed by atoms with van der Waals surface area (Å²) in [5.74, 6) is 1.72. The molecule has 0 N–H and O–H groups in total. The van der Waals surface area contributed by atoms with Gasteiger partial charge in [0.2, 0.25) is 5.89 Å². The molecule has 2 heterocycles. The Morgan fingerprint density at radius 3 is 2.81 bits per heavy atom. The normalized spacial score (nSPS) is 15.9. The van der Waals surface area contributed by atoms with Gasteiger partial charge in [0, 0.05) is 19.4 Å². The fourth-order valence-corrected chi connectivity index (χ4v) is 3.24. The Bertz CT molecular complexity index is 871. The summed E-state index contributed by atoms with van der Waals surface area (Å²) >= 11 is 0. The topological polar surface area (TPSA) is 51.4 Å². The zero-order valence-corrected chi connectivity index (χ0v) is 14.6. The van der Waals surface area contributed by atoms with Crippen molar-refractivity contribution in [1.82, 2.24) is 15.0 Å². The number of fused-ring (bicyclic) bond motifs is 1. The van der Waals surface area contributed by atoms with Crippen LogP contribution < -0.4 is 4.74 Å². The molecule has 1 aliphatic rings. The van der Waals surface area contributed by atoms with E-state index in [4.69, 9.17) is 9.26 Å². The van der Waals surface area contributed by atoms with Crippen molar-refractivity contribution in [2.45, 2.75) is 25.5 Å². The van der Waals surface area contributed by atoms with Gasteiger partial charge >= 0.3 is 0 Å². The highest BCUT2D eigenvalue weighted by Gasteiger charge is 2.24. The summed E-state index contributed by atoms with van der Waals surface area (Å²) in [7, 11) is 1.99. The largest absolute Gasteiger partial charge is 0.488 e. The van der Waals surface area contributed by atoms with Crippen LogP contribution in [-0.4, -0.2) is 34.7 Å². The first-order valence-electron chi connectivity index (χ1n) is 8.65. The number of aromatic nitrogens is 2. The Labute approximate surface area is 151 Å². The second-order valence-corrected chi connectivity index (χ2v) is 6.62. The molecule has 3 aromatic rings. The second kappa shape index (κ2) is 7.25. The number of benzene rings is 2. The molecule has 0 bridgehead atoms. The maximum Gasteiger partial charge on any atom is 0.240 e. The van der Waals surface area contributed by atoms with E-state index in [1.54, 1.807) is 18.2 Å². The first kappa shape index (κ1) is 16.7. The van der Waals surface area contributed by atoms with E-state index in [1.165, 1.54) is 11.6 Å². The number of para-hydroxylation sites is 1. The van der Waals surface area contributed by atoms with Crippen molar-refractivity contribution in [3.63, 3.8) is 0 Å². The van der Waals surface area contributed by atoms with Gasteiger partial charge in [0.15, 0.2) is 5.82 Å². The zero-order chi connectivity index (χ0) is 17.9. The number of nitrogens with zero attached hydrogens (tertiary/aromatic N) is 3. The summed E-state index contributed by atoms with van der Waals surface area (Å²) in [4.78, 5) is 6.47. The van der Waals surface area contributed by atoms with Crippen molar-refractivity contribution in [3.05, 3.63) is 77.2 Å². The summed E-state index contributed by atoms with van der Waals surface area (Å²) in [6.07, 6.45) is 1.35. The minimum atomic E-state index is -0.256. The fourth-order valence-electron chi connectivity index (χ4n) is 3.24. The van der Waals surface area contributed by atoms with Gasteiger partial charge in [0.25, 0.3) is 0 Å². The van der Waals surface area contributed by atoms with E-state index in [0.717, 1.165) is 18.7 Å². The minimum Gasteiger partial charge on any atom is -0.488 e. The molecule has 4 rings (SSSR count). The molecule has 6 heteroatoms. The fraction of sp³-hybridized carbons (Fsp3) is 0.300. The van der Waals surface area contributed by atoms with Crippen LogP contribution in [0.1, 0.15) is 22.8 Å². The Hall–Kier alpha value is -2.73. The molecule has 0 amide bonds. The lowest BCUT2D eigenvalue weighted by atomic mass is 10.1. The Morgan fingerprint density at radius 1 is 1.15 bits per heavy atom. The van der Waals surface area contributed by atoms with E-state index in [2.05, 4.69) is 21.1 Å². The van der Waals surface area contributed by atoms with Gasteiger partial charge in [-0.1, -0.05) is 41.6 Å². The van der Waals surface area contributed by atoms with Crippen molar-refractivity contribution in [3.8, 4) is 5.75 Å². The summed E-state index contributed by atoms with van der Waals surface area (Å²) < 4.78 is 25.0. The smallest absolute Gasteiger partial charge is 0.240 e. The molecule has 26 heavy (non-hydrogen) atoms. The predicted octanol–water partition coefficient (Wildman–Crippen LogP) is 3.24. The molecular weight excluding hydrogens is 333 g/mol. The molecule has 1 aromatic heterocycles. The van der Waals surface area contributed by atoms with Crippen molar-refractivity contribution in [2.75, 3.05) is 13.6 Å². The van der Waals surface area contributed by atoms with Crippen molar-refractivity contribution in [2.24, 2.45) is 0 Å². The highest BCUT2D eigenvalue weighted by molar-refractivity contribution is 5.37. The minimum absolute atomic E-state index is 0.123. The SMILES string of the molecule is CN(Cc1nc(Cc2ccccc2F)no1)C[C@@H]1Cc2ccccc2O1.